The molecule has 0 saturated carbocycles. The maximum atomic E-state index is 12.0. The molecule has 96 valence electrons. The minimum Gasteiger partial charge on any atom is -0.406 e. The van der Waals surface area contributed by atoms with Crippen LogP contribution in [-0.2, 0) is 0 Å². The number of aromatic nitrogens is 3. The Morgan fingerprint density at radius 1 is 1.33 bits per heavy atom. The van der Waals surface area contributed by atoms with Crippen molar-refractivity contribution >= 4 is 0 Å². The number of aliphatic hydroxyl groups is 1. The molecule has 0 saturated heterocycles. The molecule has 8 heteroatoms. The quantitative estimate of drug-likeness (QED) is 0.881. The number of ether oxygens (including phenoxy) is 1. The Morgan fingerprint density at radius 2 is 2.11 bits per heavy atom. The van der Waals surface area contributed by atoms with Crippen molar-refractivity contribution < 1.29 is 23.0 Å². The highest BCUT2D eigenvalue weighted by molar-refractivity contribution is 5.32. The Bertz CT molecular complexity index is 513. The van der Waals surface area contributed by atoms with Crippen LogP contribution in [0.1, 0.15) is 17.4 Å². The maximum Gasteiger partial charge on any atom is 0.573 e. The number of aliphatic hydroxyl groups excluding tert-OH is 1. The molecule has 0 bridgehead atoms. The Kier molecular flexibility index (Phi) is 3.19. The Labute approximate surface area is 99.2 Å². The van der Waals surface area contributed by atoms with E-state index in [1.807, 2.05) is 0 Å². The topological polar surface area (TPSA) is 71.0 Å². The molecule has 1 heterocycles. The number of hydrogen-bond acceptors (Lipinski definition) is 4. The van der Waals surface area contributed by atoms with Crippen LogP contribution < -0.4 is 4.74 Å². The summed E-state index contributed by atoms with van der Waals surface area (Å²) in [5.74, 6) is -0.400. The molecule has 1 atom stereocenters. The van der Waals surface area contributed by atoms with E-state index in [0.717, 1.165) is 12.1 Å². The second-order valence-electron chi connectivity index (χ2n) is 3.42. The number of alkyl halides is 3. The standard InChI is InChI=1S/C10H8F3N3O2/c11-10(12,13)18-7-3-1-2-6(4-7)9(17)8-5-14-16-15-8/h1-5,9,17H,(H,14,15,16). The average molecular weight is 259 g/mol. The normalized spacial score (nSPS) is 13.3. The molecular weight excluding hydrogens is 251 g/mol. The molecule has 1 aromatic carbocycles. The van der Waals surface area contributed by atoms with Crippen molar-refractivity contribution in [2.24, 2.45) is 0 Å². The van der Waals surface area contributed by atoms with Gasteiger partial charge in [0.05, 0.1) is 6.20 Å². The molecule has 1 aromatic heterocycles. The van der Waals surface area contributed by atoms with Crippen molar-refractivity contribution in [1.29, 1.82) is 0 Å². The zero-order valence-electron chi connectivity index (χ0n) is 8.85. The lowest BCUT2D eigenvalue weighted by atomic mass is 10.1. The molecule has 1 unspecified atom stereocenters. The summed E-state index contributed by atoms with van der Waals surface area (Å²) < 4.78 is 39.9. The van der Waals surface area contributed by atoms with Crippen molar-refractivity contribution in [1.82, 2.24) is 15.4 Å². The minimum atomic E-state index is -4.77. The van der Waals surface area contributed by atoms with E-state index < -0.39 is 18.2 Å². The van der Waals surface area contributed by atoms with E-state index in [0.29, 0.717) is 0 Å². The van der Waals surface area contributed by atoms with Crippen molar-refractivity contribution in [2.45, 2.75) is 12.5 Å². The van der Waals surface area contributed by atoms with Crippen LogP contribution in [0.5, 0.6) is 5.75 Å². The molecule has 18 heavy (non-hydrogen) atoms. The van der Waals surface area contributed by atoms with Gasteiger partial charge in [-0.25, -0.2) is 0 Å². The number of hydrogen-bond donors (Lipinski definition) is 2. The number of nitrogens with zero attached hydrogens (tertiary/aromatic N) is 2. The smallest absolute Gasteiger partial charge is 0.406 e. The summed E-state index contributed by atoms with van der Waals surface area (Å²) in [6.07, 6.45) is -4.65. The molecule has 0 fully saturated rings. The molecule has 2 aromatic rings. The second-order valence-corrected chi connectivity index (χ2v) is 3.42. The minimum absolute atomic E-state index is 0.208. The van der Waals surface area contributed by atoms with Crippen LogP contribution in [0.15, 0.2) is 30.5 Å². The fourth-order valence-corrected chi connectivity index (χ4v) is 1.39. The first-order chi connectivity index (χ1) is 8.46. The van der Waals surface area contributed by atoms with E-state index in [1.165, 1.54) is 18.3 Å². The lowest BCUT2D eigenvalue weighted by Gasteiger charge is -2.12. The van der Waals surface area contributed by atoms with Crippen LogP contribution in [0, 0.1) is 0 Å². The van der Waals surface area contributed by atoms with Gasteiger partial charge in [0, 0.05) is 0 Å². The van der Waals surface area contributed by atoms with Crippen molar-refractivity contribution in [2.75, 3.05) is 0 Å². The van der Waals surface area contributed by atoms with Gasteiger partial charge in [-0.05, 0) is 17.7 Å². The zero-order valence-corrected chi connectivity index (χ0v) is 8.85. The van der Waals surface area contributed by atoms with E-state index in [9.17, 15) is 18.3 Å². The van der Waals surface area contributed by atoms with E-state index >= 15 is 0 Å². The third-order valence-electron chi connectivity index (χ3n) is 2.12. The maximum absolute atomic E-state index is 12.0. The summed E-state index contributed by atoms with van der Waals surface area (Å²) in [5.41, 5.74) is 0.435. The van der Waals surface area contributed by atoms with E-state index in [-0.39, 0.29) is 11.3 Å². The molecule has 2 rings (SSSR count). The zero-order chi connectivity index (χ0) is 13.2. The van der Waals surface area contributed by atoms with Gasteiger partial charge in [-0.3, -0.25) is 0 Å². The fraction of sp³-hybridized carbons (Fsp3) is 0.200. The number of aromatic amines is 1. The van der Waals surface area contributed by atoms with Crippen molar-refractivity contribution in [3.8, 4) is 5.75 Å². The molecule has 0 amide bonds. The van der Waals surface area contributed by atoms with Crippen LogP contribution in [0.25, 0.3) is 0 Å². The summed E-state index contributed by atoms with van der Waals surface area (Å²) >= 11 is 0. The van der Waals surface area contributed by atoms with Crippen LogP contribution in [0.3, 0.4) is 0 Å². The first-order valence-corrected chi connectivity index (χ1v) is 4.85. The van der Waals surface area contributed by atoms with Gasteiger partial charge in [-0.2, -0.15) is 15.4 Å². The summed E-state index contributed by atoms with van der Waals surface area (Å²) in [7, 11) is 0. The third-order valence-corrected chi connectivity index (χ3v) is 2.12. The van der Waals surface area contributed by atoms with E-state index in [2.05, 4.69) is 20.1 Å². The molecule has 0 radical (unpaired) electrons. The first kappa shape index (κ1) is 12.4. The van der Waals surface area contributed by atoms with Gasteiger partial charge < -0.3 is 9.84 Å². The monoisotopic (exact) mass is 259 g/mol. The predicted molar refractivity (Wildman–Crippen MR) is 53.6 cm³/mol. The van der Waals surface area contributed by atoms with Gasteiger partial charge in [0.2, 0.25) is 0 Å². The van der Waals surface area contributed by atoms with Gasteiger partial charge in [-0.15, -0.1) is 13.2 Å². The Hall–Kier alpha value is -2.09. The molecule has 0 aliphatic heterocycles. The number of rotatable bonds is 3. The largest absolute Gasteiger partial charge is 0.573 e. The highest BCUT2D eigenvalue weighted by Crippen LogP contribution is 2.27. The average Bonchev–Trinajstić information content (AvgIpc) is 2.79. The van der Waals surface area contributed by atoms with Crippen molar-refractivity contribution in [3.63, 3.8) is 0 Å². The summed E-state index contributed by atoms with van der Waals surface area (Å²) in [4.78, 5) is 0. The van der Waals surface area contributed by atoms with Gasteiger partial charge in [0.1, 0.15) is 17.5 Å². The van der Waals surface area contributed by atoms with Gasteiger partial charge in [0.15, 0.2) is 0 Å². The summed E-state index contributed by atoms with van der Waals surface area (Å²) in [6.45, 7) is 0. The number of benzene rings is 1. The van der Waals surface area contributed by atoms with Crippen LogP contribution in [-0.4, -0.2) is 26.9 Å². The van der Waals surface area contributed by atoms with Crippen LogP contribution in [0.2, 0.25) is 0 Å². The lowest BCUT2D eigenvalue weighted by molar-refractivity contribution is -0.274. The Morgan fingerprint density at radius 3 is 2.72 bits per heavy atom. The first-order valence-electron chi connectivity index (χ1n) is 4.85. The lowest BCUT2D eigenvalue weighted by Crippen LogP contribution is -2.17. The van der Waals surface area contributed by atoms with Gasteiger partial charge >= 0.3 is 6.36 Å². The number of halogens is 3. The molecular formula is C10H8F3N3O2. The molecule has 0 aliphatic carbocycles. The van der Waals surface area contributed by atoms with Gasteiger partial charge in [0.25, 0.3) is 0 Å². The molecule has 2 N–H and O–H groups in total. The second kappa shape index (κ2) is 4.65. The molecule has 5 nitrogen and oxygen atoms in total. The highest BCUT2D eigenvalue weighted by atomic mass is 19.4. The van der Waals surface area contributed by atoms with E-state index in [1.54, 1.807) is 0 Å². The Balaban J connectivity index is 2.22. The third kappa shape index (κ3) is 2.98. The fourth-order valence-electron chi connectivity index (χ4n) is 1.39. The highest BCUT2D eigenvalue weighted by Gasteiger charge is 2.31. The summed E-state index contributed by atoms with van der Waals surface area (Å²) in [5, 5.41) is 19.3. The number of H-pyrrole nitrogens is 1. The predicted octanol–water partition coefficient (Wildman–Crippen LogP) is 1.78. The van der Waals surface area contributed by atoms with Crippen molar-refractivity contribution in [3.05, 3.63) is 41.7 Å². The SMILES string of the molecule is OC(c1cccc(OC(F)(F)F)c1)c1cn[nH]n1. The van der Waals surface area contributed by atoms with Gasteiger partial charge in [-0.1, -0.05) is 12.1 Å². The van der Waals surface area contributed by atoms with Crippen LogP contribution in [0.4, 0.5) is 13.2 Å². The molecule has 0 aliphatic rings. The van der Waals surface area contributed by atoms with E-state index in [4.69, 9.17) is 0 Å². The van der Waals surface area contributed by atoms with Crippen LogP contribution >= 0.6 is 0 Å². The molecule has 0 spiro atoms. The summed E-state index contributed by atoms with van der Waals surface area (Å²) in [6, 6.07) is 5.04. The number of nitrogens with one attached hydrogen (secondary N) is 1.